The summed E-state index contributed by atoms with van der Waals surface area (Å²) in [7, 11) is 0. The van der Waals surface area contributed by atoms with E-state index in [9.17, 15) is 8.78 Å². The molecule has 0 saturated carbocycles. The molecular formula is C22H14F2N4S. The topological polar surface area (TPSA) is 43.6 Å². The van der Waals surface area contributed by atoms with E-state index >= 15 is 0 Å². The summed E-state index contributed by atoms with van der Waals surface area (Å²) >= 11 is 1.60. The maximum atomic E-state index is 14.1. The molecule has 2 aliphatic rings. The molecule has 0 fully saturated rings. The lowest BCUT2D eigenvalue weighted by atomic mass is 10.2. The first-order valence-corrected chi connectivity index (χ1v) is 9.83. The van der Waals surface area contributed by atoms with Crippen molar-refractivity contribution in [1.82, 2.24) is 19.5 Å². The Bertz CT molecular complexity index is 1260. The number of hydrogen-bond acceptors (Lipinski definition) is 4. The zero-order valence-electron chi connectivity index (χ0n) is 15.1. The Balaban J connectivity index is 1.43. The molecule has 0 saturated heterocycles. The first-order valence-electron chi connectivity index (χ1n) is 8.95. The van der Waals surface area contributed by atoms with Gasteiger partial charge in [-0.25, -0.2) is 23.7 Å². The molecule has 142 valence electrons. The smallest absolute Gasteiger partial charge is 0.169 e. The minimum Gasteiger partial charge on any atom is -0.346 e. The third-order valence-corrected chi connectivity index (χ3v) is 5.48. The Morgan fingerprint density at radius 2 is 1.69 bits per heavy atom. The van der Waals surface area contributed by atoms with Crippen LogP contribution in [0.25, 0.3) is 33.3 Å². The minimum atomic E-state index is -0.938. The molecule has 3 aromatic rings. The zero-order chi connectivity index (χ0) is 19.8. The third-order valence-electron chi connectivity index (χ3n) is 4.54. The number of pyridine rings is 1. The lowest BCUT2D eigenvalue weighted by Gasteiger charge is -2.05. The second kappa shape index (κ2) is 7.18. The van der Waals surface area contributed by atoms with Crippen LogP contribution >= 0.6 is 11.3 Å². The van der Waals surface area contributed by atoms with Gasteiger partial charge in [-0.1, -0.05) is 36.4 Å². The monoisotopic (exact) mass is 404 g/mol. The van der Waals surface area contributed by atoms with Crippen molar-refractivity contribution in [3.63, 3.8) is 0 Å². The van der Waals surface area contributed by atoms with E-state index in [2.05, 4.69) is 9.97 Å². The molecule has 0 N–H and O–H groups in total. The van der Waals surface area contributed by atoms with Crippen molar-refractivity contribution in [2.45, 2.75) is 6.54 Å². The Labute approximate surface area is 169 Å². The van der Waals surface area contributed by atoms with Gasteiger partial charge in [0.2, 0.25) is 0 Å². The molecule has 1 aromatic heterocycles. The van der Waals surface area contributed by atoms with Crippen molar-refractivity contribution in [1.29, 1.82) is 0 Å². The van der Waals surface area contributed by atoms with Crippen LogP contribution in [0.2, 0.25) is 0 Å². The average molecular weight is 404 g/mol. The van der Waals surface area contributed by atoms with Crippen molar-refractivity contribution >= 4 is 11.3 Å². The van der Waals surface area contributed by atoms with Crippen molar-refractivity contribution in [3.05, 3.63) is 89.7 Å². The van der Waals surface area contributed by atoms with Crippen LogP contribution in [0, 0.1) is 11.6 Å². The van der Waals surface area contributed by atoms with Crippen LogP contribution in [0.4, 0.5) is 8.78 Å². The van der Waals surface area contributed by atoms with Gasteiger partial charge in [0, 0.05) is 23.3 Å². The SMILES string of the molecule is Fc1cccc(-c2nc3ccn(Cc4csc(-c5ccccc5)n4)cc-3n2)c1F. The molecule has 29 heavy (non-hydrogen) atoms. The molecule has 0 atom stereocenters. The van der Waals surface area contributed by atoms with Gasteiger partial charge in [-0.2, -0.15) is 0 Å². The van der Waals surface area contributed by atoms with Gasteiger partial charge < -0.3 is 4.57 Å². The Hall–Kier alpha value is -3.45. The molecule has 0 amide bonds. The molecule has 0 radical (unpaired) electrons. The summed E-state index contributed by atoms with van der Waals surface area (Å²) < 4.78 is 29.5. The summed E-state index contributed by atoms with van der Waals surface area (Å²) in [4.78, 5) is 13.4. The second-order valence-corrected chi connectivity index (χ2v) is 7.40. The van der Waals surface area contributed by atoms with E-state index in [4.69, 9.17) is 4.98 Å². The lowest BCUT2D eigenvalue weighted by Crippen LogP contribution is -2.01. The first-order chi connectivity index (χ1) is 14.2. The number of rotatable bonds is 4. The maximum Gasteiger partial charge on any atom is 0.169 e. The molecule has 2 aromatic carbocycles. The lowest BCUT2D eigenvalue weighted by molar-refractivity contribution is 0.510. The fraction of sp³-hybridized carbons (Fsp3) is 0.0455. The number of thiazole rings is 1. The zero-order valence-corrected chi connectivity index (χ0v) is 15.9. The second-order valence-electron chi connectivity index (χ2n) is 6.55. The normalized spacial score (nSPS) is 11.2. The number of imidazole rings is 1. The highest BCUT2D eigenvalue weighted by Crippen LogP contribution is 2.28. The van der Waals surface area contributed by atoms with Crippen LogP contribution in [-0.2, 0) is 6.54 Å². The van der Waals surface area contributed by atoms with Crippen molar-refractivity contribution in [2.75, 3.05) is 0 Å². The number of halogens is 2. The Kier molecular flexibility index (Phi) is 4.37. The summed E-state index contributed by atoms with van der Waals surface area (Å²) in [5.74, 6) is -1.68. The summed E-state index contributed by atoms with van der Waals surface area (Å²) in [6.45, 7) is 0.579. The molecule has 0 aliphatic carbocycles. The predicted molar refractivity (Wildman–Crippen MR) is 109 cm³/mol. The summed E-state index contributed by atoms with van der Waals surface area (Å²) in [5, 5.41) is 3.00. The van der Waals surface area contributed by atoms with Gasteiger partial charge in [0.05, 0.1) is 23.5 Å². The largest absolute Gasteiger partial charge is 0.346 e. The van der Waals surface area contributed by atoms with E-state index in [0.29, 0.717) is 17.9 Å². The van der Waals surface area contributed by atoms with E-state index in [1.165, 1.54) is 12.1 Å². The highest BCUT2D eigenvalue weighted by atomic mass is 32.1. The fourth-order valence-corrected chi connectivity index (χ4v) is 3.94. The summed E-state index contributed by atoms with van der Waals surface area (Å²) in [5.41, 5.74) is 3.33. The van der Waals surface area contributed by atoms with E-state index in [-0.39, 0.29) is 11.4 Å². The van der Waals surface area contributed by atoms with Crippen LogP contribution in [0.1, 0.15) is 5.69 Å². The van der Waals surface area contributed by atoms with Crippen molar-refractivity contribution in [3.8, 4) is 33.3 Å². The van der Waals surface area contributed by atoms with Gasteiger partial charge in [-0.05, 0) is 18.2 Å². The summed E-state index contributed by atoms with van der Waals surface area (Å²) in [6, 6.07) is 15.8. The van der Waals surface area contributed by atoms with E-state index < -0.39 is 11.6 Å². The highest BCUT2D eigenvalue weighted by Gasteiger charge is 2.17. The van der Waals surface area contributed by atoms with Crippen LogP contribution < -0.4 is 0 Å². The van der Waals surface area contributed by atoms with E-state index in [1.54, 1.807) is 11.3 Å². The van der Waals surface area contributed by atoms with Gasteiger partial charge >= 0.3 is 0 Å². The number of nitrogens with zero attached hydrogens (tertiary/aromatic N) is 4. The van der Waals surface area contributed by atoms with Crippen molar-refractivity contribution in [2.24, 2.45) is 0 Å². The molecule has 5 rings (SSSR count). The quantitative estimate of drug-likeness (QED) is 0.397. The predicted octanol–water partition coefficient (Wildman–Crippen LogP) is 5.50. The van der Waals surface area contributed by atoms with E-state index in [0.717, 1.165) is 22.3 Å². The maximum absolute atomic E-state index is 14.1. The number of benzene rings is 2. The summed E-state index contributed by atoms with van der Waals surface area (Å²) in [6.07, 6.45) is 3.72. The average Bonchev–Trinajstić information content (AvgIpc) is 3.37. The number of fused-ring (bicyclic) bond motifs is 1. The van der Waals surface area contributed by atoms with Crippen molar-refractivity contribution < 1.29 is 8.78 Å². The van der Waals surface area contributed by atoms with Gasteiger partial charge in [0.1, 0.15) is 10.7 Å². The van der Waals surface area contributed by atoms with Gasteiger partial charge in [-0.15, -0.1) is 11.3 Å². The van der Waals surface area contributed by atoms with Crippen LogP contribution in [0.5, 0.6) is 0 Å². The fourth-order valence-electron chi connectivity index (χ4n) is 3.13. The van der Waals surface area contributed by atoms with E-state index in [1.807, 2.05) is 58.7 Å². The minimum absolute atomic E-state index is 0.0553. The molecule has 0 spiro atoms. The van der Waals surface area contributed by atoms with Gasteiger partial charge in [0.25, 0.3) is 0 Å². The number of aromatic nitrogens is 4. The molecule has 2 aliphatic heterocycles. The molecular weight excluding hydrogens is 390 g/mol. The molecule has 4 nitrogen and oxygen atoms in total. The molecule has 7 heteroatoms. The molecule has 3 heterocycles. The third kappa shape index (κ3) is 3.40. The van der Waals surface area contributed by atoms with Crippen LogP contribution in [0.3, 0.4) is 0 Å². The number of hydrogen-bond donors (Lipinski definition) is 0. The molecule has 0 unspecified atom stereocenters. The first kappa shape index (κ1) is 17.6. The van der Waals surface area contributed by atoms with Crippen LogP contribution in [0.15, 0.2) is 72.4 Å². The highest BCUT2D eigenvalue weighted by molar-refractivity contribution is 7.13. The van der Waals surface area contributed by atoms with Gasteiger partial charge in [0.15, 0.2) is 17.5 Å². The Morgan fingerprint density at radius 1 is 0.862 bits per heavy atom. The Morgan fingerprint density at radius 3 is 2.55 bits per heavy atom. The van der Waals surface area contributed by atoms with Gasteiger partial charge in [-0.3, -0.25) is 0 Å². The standard InChI is InChI=1S/C22H14F2N4S/c23-17-8-4-7-16(20(17)24)21-26-18-9-10-28(12-19(18)27-21)11-15-13-29-22(25-15)14-5-2-1-3-6-14/h1-10,12-13H,11H2. The van der Waals surface area contributed by atoms with Crippen LogP contribution in [-0.4, -0.2) is 19.5 Å². The molecule has 0 bridgehead atoms.